The number of phosphoric ester groups is 1. The molecule has 216 valence electrons. The number of phenolic OH excluding ortho intramolecular Hbond substituents is 1. The molecule has 4 rings (SSSR count). The molecule has 0 saturated heterocycles. The molecule has 3 atom stereocenters. The molecule has 2 aliphatic rings. The summed E-state index contributed by atoms with van der Waals surface area (Å²) in [7, 11) is -4.55. The van der Waals surface area contributed by atoms with E-state index >= 15 is 0 Å². The average Bonchev–Trinajstić information content (AvgIpc) is 3.68. The molecule has 7 nitrogen and oxygen atoms in total. The van der Waals surface area contributed by atoms with E-state index in [1.54, 1.807) is 30.3 Å². The summed E-state index contributed by atoms with van der Waals surface area (Å²) in [6.45, 7) is 10.2. The number of allylic oxidation sites excluding steroid dienone is 3. The topological polar surface area (TPSA) is 102 Å². The lowest BCUT2D eigenvalue weighted by Gasteiger charge is -2.32. The van der Waals surface area contributed by atoms with E-state index in [0.29, 0.717) is 11.1 Å². The van der Waals surface area contributed by atoms with Crippen LogP contribution < -0.4 is 4.74 Å². The number of esters is 1. The van der Waals surface area contributed by atoms with Crippen LogP contribution in [0.4, 0.5) is 0 Å². The zero-order chi connectivity index (χ0) is 28.9. The van der Waals surface area contributed by atoms with Gasteiger partial charge in [0.05, 0.1) is 6.61 Å². The monoisotopic (exact) mass is 568 g/mol. The van der Waals surface area contributed by atoms with Crippen LogP contribution >= 0.6 is 7.82 Å². The first-order valence-corrected chi connectivity index (χ1v) is 15.7. The minimum Gasteiger partial charge on any atom is -0.507 e. The second-order valence-corrected chi connectivity index (χ2v) is 12.6. The van der Waals surface area contributed by atoms with Gasteiger partial charge in [0.1, 0.15) is 11.5 Å². The lowest BCUT2D eigenvalue weighted by atomic mass is 9.73. The van der Waals surface area contributed by atoms with Gasteiger partial charge in [0.2, 0.25) is 0 Å². The van der Waals surface area contributed by atoms with Crippen molar-refractivity contribution in [3.8, 4) is 11.5 Å². The van der Waals surface area contributed by atoms with Crippen LogP contribution in [0, 0.1) is 5.92 Å². The summed E-state index contributed by atoms with van der Waals surface area (Å²) in [5.74, 6) is -0.573. The quantitative estimate of drug-likeness (QED) is 0.0832. The Morgan fingerprint density at radius 3 is 2.52 bits per heavy atom. The Bertz CT molecular complexity index is 1300. The van der Waals surface area contributed by atoms with E-state index in [1.165, 1.54) is 5.57 Å². The molecule has 0 aliphatic heterocycles. The Kier molecular flexibility index (Phi) is 9.73. The molecule has 0 bridgehead atoms. The van der Waals surface area contributed by atoms with Crippen LogP contribution in [0.3, 0.4) is 0 Å². The van der Waals surface area contributed by atoms with E-state index in [1.807, 2.05) is 19.1 Å². The molecule has 0 heterocycles. The van der Waals surface area contributed by atoms with E-state index in [-0.39, 0.29) is 42.8 Å². The van der Waals surface area contributed by atoms with Crippen molar-refractivity contribution in [1.82, 2.24) is 0 Å². The number of aryl methyl sites for hydroxylation is 1. The van der Waals surface area contributed by atoms with E-state index in [2.05, 4.69) is 26.5 Å². The predicted molar refractivity (Wildman–Crippen MR) is 155 cm³/mol. The number of unbranched alkanes of at least 4 members (excludes halogenated alkanes) is 2. The van der Waals surface area contributed by atoms with Crippen molar-refractivity contribution >= 4 is 13.8 Å². The fourth-order valence-corrected chi connectivity index (χ4v) is 6.40. The van der Waals surface area contributed by atoms with Gasteiger partial charge in [0.15, 0.2) is 5.60 Å². The Morgan fingerprint density at radius 1 is 1.15 bits per heavy atom. The molecular weight excluding hydrogens is 527 g/mol. The molecule has 1 fully saturated rings. The first-order chi connectivity index (χ1) is 19.0. The summed E-state index contributed by atoms with van der Waals surface area (Å²) < 4.78 is 29.3. The average molecular weight is 569 g/mol. The van der Waals surface area contributed by atoms with Crippen LogP contribution in [-0.2, 0) is 31.4 Å². The fourth-order valence-electron chi connectivity index (χ4n) is 5.33. The van der Waals surface area contributed by atoms with Gasteiger partial charge in [0, 0.05) is 11.5 Å². The Hall–Kier alpha value is -2.70. The molecule has 2 aromatic carbocycles. The molecule has 0 amide bonds. The van der Waals surface area contributed by atoms with Gasteiger partial charge in [-0.1, -0.05) is 73.9 Å². The second-order valence-electron chi connectivity index (χ2n) is 11.2. The van der Waals surface area contributed by atoms with Crippen LogP contribution in [0.2, 0.25) is 0 Å². The Balaban J connectivity index is 1.60. The summed E-state index contributed by atoms with van der Waals surface area (Å²) in [6.07, 6.45) is 8.19. The molecule has 1 saturated carbocycles. The van der Waals surface area contributed by atoms with E-state index in [4.69, 9.17) is 13.8 Å². The largest absolute Gasteiger partial charge is 0.507 e. The second kappa shape index (κ2) is 12.9. The first-order valence-electron chi connectivity index (χ1n) is 14.2. The first kappa shape index (κ1) is 30.3. The number of carbonyl (C=O) groups is 1. The summed E-state index contributed by atoms with van der Waals surface area (Å²) in [6, 6.07) is 12.5. The third-order valence-electron chi connectivity index (χ3n) is 7.77. The number of phenols is 1. The van der Waals surface area contributed by atoms with Crippen molar-refractivity contribution in [2.24, 2.45) is 5.92 Å². The highest BCUT2D eigenvalue weighted by molar-refractivity contribution is 7.47. The molecule has 2 aromatic rings. The van der Waals surface area contributed by atoms with E-state index < -0.39 is 19.4 Å². The molecule has 1 unspecified atom stereocenters. The maximum atomic E-state index is 13.5. The fraction of sp³-hybridized carbons (Fsp3) is 0.469. The van der Waals surface area contributed by atoms with E-state index in [9.17, 15) is 19.4 Å². The number of hydrogen-bond donors (Lipinski definition) is 2. The molecule has 0 aromatic heterocycles. The Morgan fingerprint density at radius 2 is 1.88 bits per heavy atom. The molecule has 2 N–H and O–H groups in total. The van der Waals surface area contributed by atoms with Crippen LogP contribution in [0.15, 0.2) is 66.3 Å². The molecular formula is C32H41O7P. The maximum absolute atomic E-state index is 13.5. The molecule has 0 spiro atoms. The number of hydrogen-bond acceptors (Lipinski definition) is 6. The summed E-state index contributed by atoms with van der Waals surface area (Å²) in [4.78, 5) is 23.9. The minimum absolute atomic E-state index is 0.0730. The van der Waals surface area contributed by atoms with Crippen molar-refractivity contribution in [2.75, 3.05) is 0 Å². The van der Waals surface area contributed by atoms with Crippen molar-refractivity contribution in [3.63, 3.8) is 0 Å². The number of rotatable bonds is 13. The number of phosphoric acid groups is 1. The third-order valence-corrected chi connectivity index (χ3v) is 8.80. The van der Waals surface area contributed by atoms with Gasteiger partial charge in [-0.05, 0) is 81.5 Å². The van der Waals surface area contributed by atoms with Crippen LogP contribution in [-0.4, -0.2) is 21.6 Å². The molecule has 8 heteroatoms. The number of aromatic hydroxyl groups is 1. The third kappa shape index (κ3) is 7.52. The van der Waals surface area contributed by atoms with Crippen molar-refractivity contribution in [3.05, 3.63) is 83.0 Å². The van der Waals surface area contributed by atoms with Gasteiger partial charge in [-0.3, -0.25) is 9.05 Å². The minimum atomic E-state index is -4.55. The van der Waals surface area contributed by atoms with Gasteiger partial charge in [-0.15, -0.1) is 0 Å². The standard InChI is InChI=1S/C32H41O7P/c1-5-6-8-13-25-19-28(33)30(27-18-23(4)14-15-26(27)22(2)3)29(20-25)38-31(34)32(16-17-32)39-40(35,36)37-21-24-11-9-7-10-12-24/h7,9-12,18-20,26-27,33H,2,5-6,8,13-17,21H2,1,3-4H3,(H,35,36)/t26-,27+/m0/s1. The van der Waals surface area contributed by atoms with Gasteiger partial charge >= 0.3 is 13.8 Å². The highest BCUT2D eigenvalue weighted by atomic mass is 31.2. The van der Waals surface area contributed by atoms with Crippen molar-refractivity contribution < 1.29 is 33.1 Å². The maximum Gasteiger partial charge on any atom is 0.473 e. The molecule has 0 radical (unpaired) electrons. The lowest BCUT2D eigenvalue weighted by Crippen LogP contribution is -2.31. The summed E-state index contributed by atoms with van der Waals surface area (Å²) in [5.41, 5.74) is 2.73. The lowest BCUT2D eigenvalue weighted by molar-refractivity contribution is -0.145. The van der Waals surface area contributed by atoms with Gasteiger partial charge < -0.3 is 14.7 Å². The SMILES string of the molecule is C=C(C)[C@@H]1CCC(C)=C[C@H]1c1c(O)cc(CCCCC)cc1OC(=O)C1(OP(=O)(O)OCc2ccccc2)CC1. The predicted octanol–water partition coefficient (Wildman–Crippen LogP) is 7.91. The normalized spacial score (nSPS) is 21.2. The van der Waals surface area contributed by atoms with Crippen molar-refractivity contribution in [2.45, 2.75) is 90.3 Å². The number of carbonyl (C=O) groups excluding carboxylic acids is 1. The number of ether oxygens (including phenoxy) is 1. The van der Waals surface area contributed by atoms with Gasteiger partial charge in [0.25, 0.3) is 0 Å². The zero-order valence-electron chi connectivity index (χ0n) is 23.7. The smallest absolute Gasteiger partial charge is 0.473 e. The highest BCUT2D eigenvalue weighted by Gasteiger charge is 2.58. The molecule has 2 aliphatic carbocycles. The van der Waals surface area contributed by atoms with Crippen molar-refractivity contribution in [1.29, 1.82) is 0 Å². The Labute approximate surface area is 237 Å². The van der Waals surface area contributed by atoms with E-state index in [0.717, 1.165) is 49.7 Å². The molecule has 40 heavy (non-hydrogen) atoms. The van der Waals surface area contributed by atoms with Crippen LogP contribution in [0.5, 0.6) is 11.5 Å². The summed E-state index contributed by atoms with van der Waals surface area (Å²) in [5, 5.41) is 11.3. The van der Waals surface area contributed by atoms with Crippen LogP contribution in [0.25, 0.3) is 0 Å². The number of benzene rings is 2. The van der Waals surface area contributed by atoms with Crippen LogP contribution in [0.1, 0.15) is 88.3 Å². The summed E-state index contributed by atoms with van der Waals surface area (Å²) >= 11 is 0. The zero-order valence-corrected chi connectivity index (χ0v) is 24.6. The highest BCUT2D eigenvalue weighted by Crippen LogP contribution is 2.56. The van der Waals surface area contributed by atoms with Gasteiger partial charge in [-0.25, -0.2) is 9.36 Å². The van der Waals surface area contributed by atoms with Gasteiger partial charge in [-0.2, -0.15) is 0 Å².